The summed E-state index contributed by atoms with van der Waals surface area (Å²) in [6.07, 6.45) is 5.15. The first-order valence-corrected chi connectivity index (χ1v) is 6.65. The van der Waals surface area contributed by atoms with E-state index in [1.807, 2.05) is 12.1 Å². The van der Waals surface area contributed by atoms with Crippen LogP contribution in [0.3, 0.4) is 0 Å². The van der Waals surface area contributed by atoms with Gasteiger partial charge in [-0.2, -0.15) is 0 Å². The summed E-state index contributed by atoms with van der Waals surface area (Å²) in [6, 6.07) is 8.54. The molecule has 17 heavy (non-hydrogen) atoms. The van der Waals surface area contributed by atoms with Crippen molar-refractivity contribution in [3.8, 4) is 5.75 Å². The van der Waals surface area contributed by atoms with Crippen LogP contribution < -0.4 is 10.5 Å². The van der Waals surface area contributed by atoms with E-state index in [0.29, 0.717) is 6.04 Å². The van der Waals surface area contributed by atoms with Crippen LogP contribution in [-0.4, -0.2) is 13.2 Å². The summed E-state index contributed by atoms with van der Waals surface area (Å²) in [5, 5.41) is 0. The van der Waals surface area contributed by atoms with Gasteiger partial charge < -0.3 is 10.5 Å². The van der Waals surface area contributed by atoms with Crippen LogP contribution in [-0.2, 0) is 6.42 Å². The zero-order valence-corrected chi connectivity index (χ0v) is 10.4. The van der Waals surface area contributed by atoms with Crippen molar-refractivity contribution in [3.63, 3.8) is 0 Å². The summed E-state index contributed by atoms with van der Waals surface area (Å²) in [4.78, 5) is 0. The van der Waals surface area contributed by atoms with Gasteiger partial charge in [0.05, 0.1) is 7.11 Å². The Hall–Kier alpha value is -1.02. The Balaban J connectivity index is 1.65. The van der Waals surface area contributed by atoms with Crippen LogP contribution >= 0.6 is 0 Å². The van der Waals surface area contributed by atoms with Crippen LogP contribution in [0.2, 0.25) is 0 Å². The average Bonchev–Trinajstić information content (AvgIpc) is 2.96. The molecule has 3 atom stereocenters. The predicted octanol–water partition coefficient (Wildman–Crippen LogP) is 2.61. The molecular formula is C15H21NO. The van der Waals surface area contributed by atoms with Crippen LogP contribution in [0, 0.1) is 17.8 Å². The van der Waals surface area contributed by atoms with E-state index in [1.54, 1.807) is 7.11 Å². The second-order valence-electron chi connectivity index (χ2n) is 5.67. The molecule has 0 amide bonds. The number of fused-ring (bicyclic) bond motifs is 1. The van der Waals surface area contributed by atoms with Gasteiger partial charge in [0.2, 0.25) is 0 Å². The fourth-order valence-electron chi connectivity index (χ4n) is 3.40. The monoisotopic (exact) mass is 231 g/mol. The fraction of sp³-hybridized carbons (Fsp3) is 0.600. The normalized spacial score (nSPS) is 32.0. The zero-order chi connectivity index (χ0) is 11.8. The molecule has 2 N–H and O–H groups in total. The molecular weight excluding hydrogens is 210 g/mol. The molecule has 0 aromatic heterocycles. The van der Waals surface area contributed by atoms with Crippen LogP contribution in [0.25, 0.3) is 0 Å². The molecule has 0 bridgehead atoms. The van der Waals surface area contributed by atoms with Gasteiger partial charge in [-0.15, -0.1) is 0 Å². The maximum Gasteiger partial charge on any atom is 0.122 e. The first-order valence-electron chi connectivity index (χ1n) is 6.65. The van der Waals surface area contributed by atoms with Crippen molar-refractivity contribution in [2.24, 2.45) is 23.5 Å². The molecule has 3 unspecified atom stereocenters. The van der Waals surface area contributed by atoms with E-state index < -0.39 is 0 Å². The Morgan fingerprint density at radius 2 is 1.94 bits per heavy atom. The van der Waals surface area contributed by atoms with Crippen molar-refractivity contribution in [3.05, 3.63) is 29.8 Å². The summed E-state index contributed by atoms with van der Waals surface area (Å²) >= 11 is 0. The number of para-hydroxylation sites is 1. The van der Waals surface area contributed by atoms with Gasteiger partial charge in [-0.25, -0.2) is 0 Å². The number of hydrogen-bond donors (Lipinski definition) is 1. The molecule has 1 aromatic rings. The van der Waals surface area contributed by atoms with E-state index in [4.69, 9.17) is 10.5 Å². The average molecular weight is 231 g/mol. The summed E-state index contributed by atoms with van der Waals surface area (Å²) < 4.78 is 5.38. The molecule has 2 fully saturated rings. The van der Waals surface area contributed by atoms with E-state index >= 15 is 0 Å². The van der Waals surface area contributed by atoms with Gasteiger partial charge in [0.25, 0.3) is 0 Å². The summed E-state index contributed by atoms with van der Waals surface area (Å²) in [5.74, 6) is 3.75. The lowest BCUT2D eigenvalue weighted by atomic mass is 9.90. The molecule has 0 heterocycles. The van der Waals surface area contributed by atoms with E-state index in [1.165, 1.54) is 24.8 Å². The van der Waals surface area contributed by atoms with Crippen molar-refractivity contribution in [2.45, 2.75) is 31.7 Å². The highest BCUT2D eigenvalue weighted by Gasteiger charge is 2.47. The molecule has 2 aliphatic rings. The lowest BCUT2D eigenvalue weighted by molar-refractivity contribution is 0.378. The van der Waals surface area contributed by atoms with Crippen LogP contribution in [0.1, 0.15) is 24.8 Å². The number of hydrogen-bond acceptors (Lipinski definition) is 2. The minimum Gasteiger partial charge on any atom is -0.496 e. The maximum atomic E-state index is 6.36. The second kappa shape index (κ2) is 4.34. The van der Waals surface area contributed by atoms with Gasteiger partial charge in [0.1, 0.15) is 5.75 Å². The minimum atomic E-state index is 0.305. The van der Waals surface area contributed by atoms with E-state index in [2.05, 4.69) is 12.1 Å². The van der Waals surface area contributed by atoms with Gasteiger partial charge in [-0.05, 0) is 55.1 Å². The quantitative estimate of drug-likeness (QED) is 0.864. The van der Waals surface area contributed by atoms with Crippen molar-refractivity contribution >= 4 is 0 Å². The Morgan fingerprint density at radius 1 is 1.24 bits per heavy atom. The van der Waals surface area contributed by atoms with Crippen molar-refractivity contribution in [1.82, 2.24) is 0 Å². The molecule has 2 aliphatic carbocycles. The Bertz CT molecular complexity index is 394. The first-order chi connectivity index (χ1) is 8.28. The third kappa shape index (κ3) is 2.19. The van der Waals surface area contributed by atoms with Gasteiger partial charge in [-0.3, -0.25) is 0 Å². The number of methoxy groups -OCH3 is 1. The highest BCUT2D eigenvalue weighted by atomic mass is 16.5. The largest absolute Gasteiger partial charge is 0.496 e. The van der Waals surface area contributed by atoms with Gasteiger partial charge in [-0.1, -0.05) is 18.2 Å². The number of nitrogens with two attached hydrogens (primary N) is 1. The first kappa shape index (κ1) is 11.1. The minimum absolute atomic E-state index is 0.305. The van der Waals surface area contributed by atoms with Gasteiger partial charge >= 0.3 is 0 Å². The summed E-state index contributed by atoms with van der Waals surface area (Å²) in [5.41, 5.74) is 7.61. The Morgan fingerprint density at radius 3 is 2.65 bits per heavy atom. The topological polar surface area (TPSA) is 35.2 Å². The molecule has 2 heteroatoms. The third-order valence-corrected chi connectivity index (χ3v) is 4.53. The molecule has 0 radical (unpaired) electrons. The Labute approximate surface area is 103 Å². The molecule has 2 nitrogen and oxygen atoms in total. The fourth-order valence-corrected chi connectivity index (χ4v) is 3.40. The molecule has 0 spiro atoms. The van der Waals surface area contributed by atoms with E-state index in [9.17, 15) is 0 Å². The summed E-state index contributed by atoms with van der Waals surface area (Å²) in [6.45, 7) is 0. The van der Waals surface area contributed by atoms with Crippen molar-refractivity contribution in [2.75, 3.05) is 7.11 Å². The van der Waals surface area contributed by atoms with Gasteiger partial charge in [0.15, 0.2) is 0 Å². The SMILES string of the molecule is COc1ccccc1CC(N)C1CC2CC2C1. The van der Waals surface area contributed by atoms with Crippen LogP contribution in [0.15, 0.2) is 24.3 Å². The molecule has 0 saturated heterocycles. The standard InChI is InChI=1S/C15H21NO/c1-17-15-5-3-2-4-10(15)9-14(16)13-7-11-6-12(11)8-13/h2-5,11-14H,6-9,16H2,1H3. The smallest absolute Gasteiger partial charge is 0.122 e. The molecule has 0 aliphatic heterocycles. The molecule has 3 rings (SSSR count). The van der Waals surface area contributed by atoms with E-state index in [0.717, 1.165) is 29.9 Å². The highest BCUT2D eigenvalue weighted by molar-refractivity contribution is 5.34. The number of rotatable bonds is 4. The third-order valence-electron chi connectivity index (χ3n) is 4.53. The lowest BCUT2D eigenvalue weighted by Crippen LogP contribution is -2.31. The second-order valence-corrected chi connectivity index (χ2v) is 5.67. The highest BCUT2D eigenvalue weighted by Crippen LogP contribution is 2.55. The Kier molecular flexibility index (Phi) is 2.83. The van der Waals surface area contributed by atoms with E-state index in [-0.39, 0.29) is 0 Å². The van der Waals surface area contributed by atoms with Crippen molar-refractivity contribution < 1.29 is 4.74 Å². The lowest BCUT2D eigenvalue weighted by Gasteiger charge is -2.21. The number of ether oxygens (including phenoxy) is 1. The number of benzene rings is 1. The molecule has 2 saturated carbocycles. The zero-order valence-electron chi connectivity index (χ0n) is 10.4. The van der Waals surface area contributed by atoms with Gasteiger partial charge in [0, 0.05) is 6.04 Å². The maximum absolute atomic E-state index is 6.36. The van der Waals surface area contributed by atoms with Crippen molar-refractivity contribution in [1.29, 1.82) is 0 Å². The van der Waals surface area contributed by atoms with Crippen LogP contribution in [0.5, 0.6) is 5.75 Å². The molecule has 92 valence electrons. The predicted molar refractivity (Wildman–Crippen MR) is 69.0 cm³/mol. The summed E-state index contributed by atoms with van der Waals surface area (Å²) in [7, 11) is 1.73. The van der Waals surface area contributed by atoms with Crippen LogP contribution in [0.4, 0.5) is 0 Å². The molecule has 1 aromatic carbocycles.